The first-order valence-electron chi connectivity index (χ1n) is 5.68. The van der Waals surface area contributed by atoms with Gasteiger partial charge in [0.15, 0.2) is 0 Å². The number of nitrogens with one attached hydrogen (secondary N) is 1. The second kappa shape index (κ2) is 6.03. The van der Waals surface area contributed by atoms with Crippen molar-refractivity contribution in [3.63, 3.8) is 0 Å². The molecule has 4 heteroatoms. The summed E-state index contributed by atoms with van der Waals surface area (Å²) in [5.74, 6) is 1.16. The van der Waals surface area contributed by atoms with E-state index in [1.165, 1.54) is 4.88 Å². The maximum atomic E-state index is 4.28. The van der Waals surface area contributed by atoms with Crippen LogP contribution in [0.5, 0.6) is 0 Å². The molecular weight excluding hydrogens is 236 g/mol. The third-order valence-electron chi connectivity index (χ3n) is 2.15. The summed E-state index contributed by atoms with van der Waals surface area (Å²) in [5.41, 5.74) is 0. The van der Waals surface area contributed by atoms with Gasteiger partial charge in [-0.25, -0.2) is 4.98 Å². The van der Waals surface area contributed by atoms with Gasteiger partial charge in [0.2, 0.25) is 0 Å². The first-order chi connectivity index (χ1) is 7.38. The number of thiazole rings is 1. The van der Waals surface area contributed by atoms with Crippen molar-refractivity contribution in [2.45, 2.75) is 45.4 Å². The lowest BCUT2D eigenvalue weighted by molar-refractivity contribution is 0.608. The molecule has 2 nitrogen and oxygen atoms in total. The summed E-state index contributed by atoms with van der Waals surface area (Å²) in [6.07, 6.45) is 1.98. The fourth-order valence-electron chi connectivity index (χ4n) is 1.31. The molecule has 0 saturated heterocycles. The van der Waals surface area contributed by atoms with Gasteiger partial charge in [-0.15, -0.1) is 11.3 Å². The smallest absolute Gasteiger partial charge is 0.0897 e. The Morgan fingerprint density at radius 1 is 1.50 bits per heavy atom. The van der Waals surface area contributed by atoms with Crippen molar-refractivity contribution >= 4 is 23.1 Å². The van der Waals surface area contributed by atoms with Crippen molar-refractivity contribution in [1.82, 2.24) is 10.3 Å². The number of aromatic nitrogens is 1. The molecule has 16 heavy (non-hydrogen) atoms. The van der Waals surface area contributed by atoms with Crippen LogP contribution in [0.25, 0.3) is 0 Å². The lowest BCUT2D eigenvalue weighted by Gasteiger charge is -2.18. The van der Waals surface area contributed by atoms with Gasteiger partial charge in [0.25, 0.3) is 0 Å². The van der Waals surface area contributed by atoms with Crippen LogP contribution in [0, 0.1) is 6.92 Å². The van der Waals surface area contributed by atoms with Crippen LogP contribution in [-0.2, 0) is 0 Å². The van der Waals surface area contributed by atoms with Gasteiger partial charge in [0.1, 0.15) is 0 Å². The normalized spacial score (nSPS) is 14.1. The van der Waals surface area contributed by atoms with E-state index in [2.05, 4.69) is 44.9 Å². The van der Waals surface area contributed by atoms with Gasteiger partial charge in [-0.2, -0.15) is 11.8 Å². The minimum absolute atomic E-state index is 0.367. The molecule has 1 rings (SSSR count). The van der Waals surface area contributed by atoms with Gasteiger partial charge < -0.3 is 5.32 Å². The quantitative estimate of drug-likeness (QED) is 0.816. The van der Waals surface area contributed by atoms with Gasteiger partial charge in [-0.05, 0) is 13.8 Å². The minimum Gasteiger partial charge on any atom is -0.309 e. The Balaban J connectivity index is 2.23. The summed E-state index contributed by atoms with van der Waals surface area (Å²) in [4.78, 5) is 5.61. The maximum absolute atomic E-state index is 4.28. The molecule has 0 spiro atoms. The SMILES string of the molecule is Cc1ncc(C(C)NCCSC(C)(C)C)s1. The summed E-state index contributed by atoms with van der Waals surface area (Å²) in [7, 11) is 0. The highest BCUT2D eigenvalue weighted by molar-refractivity contribution is 8.00. The number of hydrogen-bond acceptors (Lipinski definition) is 4. The van der Waals surface area contributed by atoms with E-state index >= 15 is 0 Å². The number of nitrogens with zero attached hydrogens (tertiary/aromatic N) is 1. The molecule has 0 fully saturated rings. The second-order valence-corrected chi connectivity index (χ2v) is 8.11. The molecule has 0 radical (unpaired) electrons. The maximum Gasteiger partial charge on any atom is 0.0897 e. The molecule has 0 bridgehead atoms. The van der Waals surface area contributed by atoms with Crippen LogP contribution >= 0.6 is 23.1 Å². The third kappa shape index (κ3) is 5.32. The highest BCUT2D eigenvalue weighted by atomic mass is 32.2. The van der Waals surface area contributed by atoms with Crippen LogP contribution in [0.1, 0.15) is 43.6 Å². The Morgan fingerprint density at radius 3 is 2.69 bits per heavy atom. The van der Waals surface area contributed by atoms with Crippen LogP contribution in [0.4, 0.5) is 0 Å². The van der Waals surface area contributed by atoms with Gasteiger partial charge in [-0.1, -0.05) is 20.8 Å². The molecule has 0 amide bonds. The van der Waals surface area contributed by atoms with Gasteiger partial charge >= 0.3 is 0 Å². The first-order valence-corrected chi connectivity index (χ1v) is 7.48. The fourth-order valence-corrected chi connectivity index (χ4v) is 2.96. The molecule has 0 saturated carbocycles. The molecule has 1 N–H and O–H groups in total. The summed E-state index contributed by atoms with van der Waals surface area (Å²) in [6, 6.07) is 0.423. The minimum atomic E-state index is 0.367. The summed E-state index contributed by atoms with van der Waals surface area (Å²) in [5, 5.41) is 4.68. The van der Waals surface area contributed by atoms with Crippen LogP contribution < -0.4 is 5.32 Å². The topological polar surface area (TPSA) is 24.9 Å². The third-order valence-corrected chi connectivity index (χ3v) is 4.52. The fraction of sp³-hybridized carbons (Fsp3) is 0.750. The largest absolute Gasteiger partial charge is 0.309 e. The molecule has 0 aliphatic heterocycles. The van der Waals surface area contributed by atoms with Gasteiger partial charge in [0, 0.05) is 34.2 Å². The Hall–Kier alpha value is -0.0600. The number of thioether (sulfide) groups is 1. The molecule has 92 valence electrons. The molecule has 1 atom stereocenters. The predicted molar refractivity (Wildman–Crippen MR) is 75.5 cm³/mol. The average Bonchev–Trinajstić information content (AvgIpc) is 2.57. The van der Waals surface area contributed by atoms with E-state index in [1.807, 2.05) is 18.0 Å². The van der Waals surface area contributed by atoms with Crippen molar-refractivity contribution in [2.24, 2.45) is 0 Å². The zero-order valence-corrected chi connectivity index (χ0v) is 12.5. The Bertz CT molecular complexity index is 315. The summed E-state index contributed by atoms with van der Waals surface area (Å²) < 4.78 is 0.367. The van der Waals surface area contributed by atoms with Gasteiger partial charge in [0.05, 0.1) is 5.01 Å². The highest BCUT2D eigenvalue weighted by Crippen LogP contribution is 2.23. The van der Waals surface area contributed by atoms with E-state index in [0.29, 0.717) is 10.8 Å². The van der Waals surface area contributed by atoms with E-state index in [0.717, 1.165) is 17.3 Å². The molecule has 0 aliphatic rings. The van der Waals surface area contributed by atoms with Crippen molar-refractivity contribution in [1.29, 1.82) is 0 Å². The number of hydrogen-bond donors (Lipinski definition) is 1. The molecular formula is C12H22N2S2. The standard InChI is InChI=1S/C12H22N2S2/c1-9(11-8-14-10(2)16-11)13-6-7-15-12(3,4)5/h8-9,13H,6-7H2,1-5H3. The lowest BCUT2D eigenvalue weighted by Crippen LogP contribution is -2.22. The Morgan fingerprint density at radius 2 is 2.19 bits per heavy atom. The second-order valence-electron chi connectivity index (χ2n) is 4.92. The van der Waals surface area contributed by atoms with E-state index in [1.54, 1.807) is 11.3 Å². The van der Waals surface area contributed by atoms with Crippen molar-refractivity contribution < 1.29 is 0 Å². The summed E-state index contributed by atoms with van der Waals surface area (Å²) in [6.45, 7) is 12.1. The van der Waals surface area contributed by atoms with Crippen molar-refractivity contribution in [3.05, 3.63) is 16.1 Å². The van der Waals surface area contributed by atoms with E-state index in [4.69, 9.17) is 0 Å². The van der Waals surface area contributed by atoms with Crippen LogP contribution in [0.15, 0.2) is 6.20 Å². The molecule has 0 aromatic carbocycles. The average molecular weight is 258 g/mol. The highest BCUT2D eigenvalue weighted by Gasteiger charge is 2.11. The molecule has 1 aromatic heterocycles. The zero-order chi connectivity index (χ0) is 12.2. The monoisotopic (exact) mass is 258 g/mol. The number of aryl methyl sites for hydroxylation is 1. The van der Waals surface area contributed by atoms with E-state index < -0.39 is 0 Å². The van der Waals surface area contributed by atoms with E-state index in [9.17, 15) is 0 Å². The van der Waals surface area contributed by atoms with Crippen molar-refractivity contribution in [3.8, 4) is 0 Å². The van der Waals surface area contributed by atoms with Crippen LogP contribution in [-0.4, -0.2) is 22.0 Å². The predicted octanol–water partition coefficient (Wildman–Crippen LogP) is 3.63. The number of rotatable bonds is 5. The molecule has 1 heterocycles. The molecule has 1 aromatic rings. The Labute approximate surface area is 107 Å². The van der Waals surface area contributed by atoms with E-state index in [-0.39, 0.29) is 0 Å². The molecule has 0 aliphatic carbocycles. The van der Waals surface area contributed by atoms with Crippen LogP contribution in [0.2, 0.25) is 0 Å². The van der Waals surface area contributed by atoms with Gasteiger partial charge in [-0.3, -0.25) is 0 Å². The van der Waals surface area contributed by atoms with Crippen molar-refractivity contribution in [2.75, 3.05) is 12.3 Å². The van der Waals surface area contributed by atoms with Crippen LogP contribution in [0.3, 0.4) is 0 Å². The molecule has 1 unspecified atom stereocenters. The summed E-state index contributed by atoms with van der Waals surface area (Å²) >= 11 is 3.78. The first kappa shape index (κ1) is 14.0. The Kier molecular flexibility index (Phi) is 5.28. The zero-order valence-electron chi connectivity index (χ0n) is 10.8. The lowest BCUT2D eigenvalue weighted by atomic mass is 10.3.